The van der Waals surface area contributed by atoms with Gasteiger partial charge in [-0.1, -0.05) is 0 Å². The third-order valence-electron chi connectivity index (χ3n) is 2.72. The molecule has 0 aliphatic heterocycles. The molecule has 0 saturated heterocycles. The van der Waals surface area contributed by atoms with Crippen molar-refractivity contribution >= 4 is 45.3 Å². The Morgan fingerprint density at radius 1 is 1.43 bits per heavy atom. The Labute approximate surface area is 134 Å². The zero-order valence-electron chi connectivity index (χ0n) is 12.0. The zero-order valence-corrected chi connectivity index (χ0v) is 14.2. The second-order valence-corrected chi connectivity index (χ2v) is 6.62. The number of halogens is 1. The van der Waals surface area contributed by atoms with Crippen LogP contribution in [0.25, 0.3) is 10.9 Å². The van der Waals surface area contributed by atoms with E-state index in [9.17, 15) is 14.9 Å². The van der Waals surface area contributed by atoms with Gasteiger partial charge in [0.1, 0.15) is 9.30 Å². The smallest absolute Gasteiger partial charge is 0.435 e. The van der Waals surface area contributed by atoms with E-state index in [0.29, 0.717) is 20.2 Å². The number of aromatic nitrogens is 2. The van der Waals surface area contributed by atoms with E-state index in [0.717, 1.165) is 4.68 Å². The summed E-state index contributed by atoms with van der Waals surface area (Å²) in [6.45, 7) is 6.88. The van der Waals surface area contributed by atoms with Crippen LogP contribution in [0.4, 0.5) is 10.5 Å². The Morgan fingerprint density at radius 2 is 2.05 bits per heavy atom. The number of nitrogens with zero attached hydrogens (tertiary/aromatic N) is 3. The van der Waals surface area contributed by atoms with Crippen LogP contribution in [0.15, 0.2) is 12.1 Å². The molecule has 0 aliphatic rings. The molecule has 0 unspecified atom stereocenters. The molecule has 1 heterocycles. The number of rotatable bonds is 1. The largest absolute Gasteiger partial charge is 0.442 e. The molecule has 0 fully saturated rings. The van der Waals surface area contributed by atoms with Crippen LogP contribution in [0.5, 0.6) is 0 Å². The summed E-state index contributed by atoms with van der Waals surface area (Å²) < 4.78 is 6.92. The first kappa shape index (κ1) is 15.7. The number of hydrogen-bond donors (Lipinski definition) is 0. The number of fused-ring (bicyclic) bond motifs is 1. The number of hydrogen-bond acceptors (Lipinski definition) is 5. The lowest BCUT2D eigenvalue weighted by molar-refractivity contribution is -0.385. The molecular formula is C13H14IN3O4. The molecule has 0 amide bonds. The second-order valence-electron chi connectivity index (χ2n) is 5.60. The van der Waals surface area contributed by atoms with Crippen LogP contribution < -0.4 is 0 Å². The summed E-state index contributed by atoms with van der Waals surface area (Å²) in [6, 6.07) is 3.01. The monoisotopic (exact) mass is 403 g/mol. The highest BCUT2D eigenvalue weighted by Crippen LogP contribution is 2.28. The minimum atomic E-state index is -0.669. The molecule has 1 aromatic heterocycles. The van der Waals surface area contributed by atoms with Crippen LogP contribution in [0.2, 0.25) is 0 Å². The molecule has 0 spiro atoms. The van der Waals surface area contributed by atoms with Crippen LogP contribution in [-0.4, -0.2) is 26.4 Å². The average molecular weight is 403 g/mol. The lowest BCUT2D eigenvalue weighted by atomic mass is 10.1. The topological polar surface area (TPSA) is 87.3 Å². The molecule has 1 aromatic carbocycles. The summed E-state index contributed by atoms with van der Waals surface area (Å²) >= 11 is 1.99. The van der Waals surface area contributed by atoms with Crippen LogP contribution in [-0.2, 0) is 4.74 Å². The van der Waals surface area contributed by atoms with Gasteiger partial charge in [0.2, 0.25) is 0 Å². The molecule has 7 nitrogen and oxygen atoms in total. The average Bonchev–Trinajstić information content (AvgIpc) is 2.63. The maximum Gasteiger partial charge on any atom is 0.435 e. The summed E-state index contributed by atoms with van der Waals surface area (Å²) in [5.74, 6) is 0. The standard InChI is InChI=1S/C13H14IN3O4/c1-7-5-8-10(6-9(7)17(19)20)16(15-11(8)14)12(18)21-13(2,3)4/h5-6H,1-4H3. The third-order valence-corrected chi connectivity index (χ3v) is 3.51. The van der Waals surface area contributed by atoms with Crippen molar-refractivity contribution in [1.29, 1.82) is 0 Å². The summed E-state index contributed by atoms with van der Waals surface area (Å²) in [5.41, 5.74) is 0.168. The molecule has 8 heteroatoms. The molecule has 0 aliphatic carbocycles. The van der Waals surface area contributed by atoms with Gasteiger partial charge in [0.05, 0.1) is 10.4 Å². The maximum atomic E-state index is 12.2. The fraction of sp³-hybridized carbons (Fsp3) is 0.385. The van der Waals surface area contributed by atoms with E-state index in [2.05, 4.69) is 5.10 Å². The first-order valence-electron chi connectivity index (χ1n) is 6.17. The van der Waals surface area contributed by atoms with Gasteiger partial charge < -0.3 is 4.74 Å². The minimum Gasteiger partial charge on any atom is -0.442 e. The Morgan fingerprint density at radius 3 is 2.57 bits per heavy atom. The number of nitro groups is 1. The van der Waals surface area contributed by atoms with E-state index in [4.69, 9.17) is 4.74 Å². The van der Waals surface area contributed by atoms with Crippen LogP contribution >= 0.6 is 22.6 Å². The van der Waals surface area contributed by atoms with Crippen molar-refractivity contribution in [2.45, 2.75) is 33.3 Å². The van der Waals surface area contributed by atoms with E-state index in [1.165, 1.54) is 6.07 Å². The van der Waals surface area contributed by atoms with Crippen LogP contribution in [0, 0.1) is 20.7 Å². The lowest BCUT2D eigenvalue weighted by Crippen LogP contribution is -2.27. The molecule has 0 saturated carbocycles. The molecule has 0 bridgehead atoms. The fourth-order valence-corrected chi connectivity index (χ4v) is 2.51. The molecule has 2 aromatic rings. The number of benzene rings is 1. The molecule has 0 N–H and O–H groups in total. The van der Waals surface area contributed by atoms with Gasteiger partial charge in [-0.3, -0.25) is 10.1 Å². The number of ether oxygens (including phenoxy) is 1. The van der Waals surface area contributed by atoms with Crippen molar-refractivity contribution < 1.29 is 14.5 Å². The predicted molar refractivity (Wildman–Crippen MR) is 85.5 cm³/mol. The van der Waals surface area contributed by atoms with Crippen molar-refractivity contribution in [3.63, 3.8) is 0 Å². The van der Waals surface area contributed by atoms with E-state index < -0.39 is 16.6 Å². The highest BCUT2D eigenvalue weighted by molar-refractivity contribution is 14.1. The highest BCUT2D eigenvalue weighted by Gasteiger charge is 2.24. The molecule has 0 atom stereocenters. The van der Waals surface area contributed by atoms with Crippen LogP contribution in [0.1, 0.15) is 26.3 Å². The van der Waals surface area contributed by atoms with Crippen molar-refractivity contribution in [3.05, 3.63) is 31.5 Å². The summed E-state index contributed by atoms with van der Waals surface area (Å²) in [5, 5.41) is 15.8. The third kappa shape index (κ3) is 3.14. The van der Waals surface area contributed by atoms with E-state index in [1.807, 2.05) is 22.6 Å². The number of carbonyl (C=O) groups is 1. The Balaban J connectivity index is 2.63. The molecule has 112 valence electrons. The van der Waals surface area contributed by atoms with E-state index in [1.54, 1.807) is 33.8 Å². The Bertz CT molecular complexity index is 746. The highest BCUT2D eigenvalue weighted by atomic mass is 127. The van der Waals surface area contributed by atoms with Gasteiger partial charge in [0, 0.05) is 17.0 Å². The van der Waals surface area contributed by atoms with Crippen molar-refractivity contribution in [2.75, 3.05) is 0 Å². The van der Waals surface area contributed by atoms with Gasteiger partial charge in [-0.2, -0.15) is 9.78 Å². The van der Waals surface area contributed by atoms with Gasteiger partial charge in [-0.05, 0) is 56.4 Å². The van der Waals surface area contributed by atoms with Crippen molar-refractivity contribution in [1.82, 2.24) is 9.78 Å². The fourth-order valence-electron chi connectivity index (χ4n) is 1.86. The second kappa shape index (κ2) is 5.24. The first-order valence-corrected chi connectivity index (χ1v) is 7.24. The summed E-state index contributed by atoms with van der Waals surface area (Å²) in [4.78, 5) is 22.7. The van der Waals surface area contributed by atoms with Gasteiger partial charge in [-0.15, -0.1) is 0 Å². The predicted octanol–water partition coefficient (Wildman–Crippen LogP) is 3.64. The van der Waals surface area contributed by atoms with E-state index >= 15 is 0 Å². The minimum absolute atomic E-state index is 0.0522. The normalized spacial score (nSPS) is 11.7. The first-order chi connectivity index (χ1) is 9.60. The molecule has 2 rings (SSSR count). The maximum absolute atomic E-state index is 12.2. The molecule has 0 radical (unpaired) electrons. The molecule has 21 heavy (non-hydrogen) atoms. The van der Waals surface area contributed by atoms with Gasteiger partial charge in [0.15, 0.2) is 0 Å². The van der Waals surface area contributed by atoms with Gasteiger partial charge >= 0.3 is 6.09 Å². The van der Waals surface area contributed by atoms with Crippen LogP contribution in [0.3, 0.4) is 0 Å². The summed E-state index contributed by atoms with van der Waals surface area (Å²) in [6.07, 6.45) is -0.659. The van der Waals surface area contributed by atoms with E-state index in [-0.39, 0.29) is 5.69 Å². The Hall–Kier alpha value is -1.71. The van der Waals surface area contributed by atoms with Crippen molar-refractivity contribution in [3.8, 4) is 0 Å². The van der Waals surface area contributed by atoms with Gasteiger partial charge in [0.25, 0.3) is 5.69 Å². The van der Waals surface area contributed by atoms with Crippen molar-refractivity contribution in [2.24, 2.45) is 0 Å². The summed E-state index contributed by atoms with van der Waals surface area (Å²) in [7, 11) is 0. The Kier molecular flexibility index (Phi) is 3.91. The quantitative estimate of drug-likeness (QED) is 0.412. The lowest BCUT2D eigenvalue weighted by Gasteiger charge is -2.19. The SMILES string of the molecule is Cc1cc2c(I)nn(C(=O)OC(C)(C)C)c2cc1[N+](=O)[O-]. The number of aryl methyl sites for hydroxylation is 1. The van der Waals surface area contributed by atoms with Gasteiger partial charge in [-0.25, -0.2) is 4.79 Å². The molecular weight excluding hydrogens is 389 g/mol. The zero-order chi connectivity index (χ0) is 15.9. The number of nitro benzene ring substituents is 1. The number of carbonyl (C=O) groups excluding carboxylic acids is 1.